The Labute approximate surface area is 160 Å². The Morgan fingerprint density at radius 2 is 1.93 bits per heavy atom. The number of rotatable bonds is 4. The molecule has 4 aromatic rings. The van der Waals surface area contributed by atoms with E-state index in [2.05, 4.69) is 15.0 Å². The highest BCUT2D eigenvalue weighted by Gasteiger charge is 2.19. The quantitative estimate of drug-likeness (QED) is 0.526. The molecule has 0 atom stereocenters. The number of anilines is 1. The van der Waals surface area contributed by atoms with Crippen LogP contribution in [0.2, 0.25) is 0 Å². The van der Waals surface area contributed by atoms with Crippen LogP contribution < -0.4 is 5.73 Å². The third-order valence-corrected chi connectivity index (χ3v) is 4.36. The lowest BCUT2D eigenvalue weighted by Crippen LogP contribution is -2.06. The van der Waals surface area contributed by atoms with Crippen molar-refractivity contribution >= 4 is 23.0 Å². The molecule has 0 amide bonds. The highest BCUT2D eigenvalue weighted by molar-refractivity contribution is 5.91. The van der Waals surface area contributed by atoms with Gasteiger partial charge in [-0.3, -0.25) is 4.57 Å². The van der Waals surface area contributed by atoms with E-state index in [0.29, 0.717) is 28.4 Å². The molecular weight excluding hydrogens is 358 g/mol. The third-order valence-electron chi connectivity index (χ3n) is 4.36. The molecule has 0 spiro atoms. The average Bonchev–Trinajstić information content (AvgIpc) is 3.12. The Kier molecular flexibility index (Phi) is 4.46. The molecule has 0 fully saturated rings. The first-order chi connectivity index (χ1) is 13.6. The predicted octanol–water partition coefficient (Wildman–Crippen LogP) is 2.34. The zero-order chi connectivity index (χ0) is 19.7. The molecule has 28 heavy (non-hydrogen) atoms. The van der Waals surface area contributed by atoms with Gasteiger partial charge in [0, 0.05) is 11.9 Å². The summed E-state index contributed by atoms with van der Waals surface area (Å²) in [5.41, 5.74) is 9.51. The lowest BCUT2D eigenvalue weighted by Gasteiger charge is -2.11. The normalized spacial score (nSPS) is 10.9. The summed E-state index contributed by atoms with van der Waals surface area (Å²) >= 11 is 0. The molecule has 3 heterocycles. The number of esters is 1. The van der Waals surface area contributed by atoms with E-state index in [1.165, 1.54) is 7.11 Å². The number of aromatic nitrogens is 4. The number of carbonyl (C=O) groups is 1. The van der Waals surface area contributed by atoms with E-state index in [1.807, 2.05) is 30.3 Å². The van der Waals surface area contributed by atoms with E-state index < -0.39 is 5.97 Å². The number of carbonyl (C=O) groups excluding carboxylic acids is 1. The van der Waals surface area contributed by atoms with Gasteiger partial charge in [0.1, 0.15) is 11.3 Å². The minimum absolute atomic E-state index is 0.0574. The molecule has 0 aliphatic heterocycles. The Hall–Kier alpha value is -3.78. The van der Waals surface area contributed by atoms with Gasteiger partial charge < -0.3 is 15.6 Å². The second-order valence-electron chi connectivity index (χ2n) is 6.06. The van der Waals surface area contributed by atoms with E-state index in [-0.39, 0.29) is 12.3 Å². The highest BCUT2D eigenvalue weighted by Crippen LogP contribution is 2.30. The standard InChI is InChI=1S/C20H17N5O3/c1-28-20(27)16-9-8-15-19(24-16)25(13-6-4-12(11-26)5-7-13)18(23-15)14-3-2-10-22-17(14)21/h2-10,26H,11H2,1H3,(H2,21,22). The number of hydrogen-bond donors (Lipinski definition) is 2. The number of nitrogens with zero attached hydrogens (tertiary/aromatic N) is 4. The van der Waals surface area contributed by atoms with Crippen molar-refractivity contribution in [3.05, 3.63) is 66.0 Å². The number of aliphatic hydroxyl groups is 1. The van der Waals surface area contributed by atoms with Crippen LogP contribution in [0.25, 0.3) is 28.2 Å². The van der Waals surface area contributed by atoms with Crippen LogP contribution >= 0.6 is 0 Å². The molecule has 0 radical (unpaired) electrons. The maximum atomic E-state index is 11.9. The third kappa shape index (κ3) is 2.95. The number of nitrogens with two attached hydrogens (primary N) is 1. The van der Waals surface area contributed by atoms with E-state index in [9.17, 15) is 9.90 Å². The van der Waals surface area contributed by atoms with Crippen LogP contribution in [0.5, 0.6) is 0 Å². The van der Waals surface area contributed by atoms with Crippen LogP contribution in [0, 0.1) is 0 Å². The number of benzene rings is 1. The molecule has 0 bridgehead atoms. The largest absolute Gasteiger partial charge is 0.464 e. The first kappa shape index (κ1) is 17.6. The second-order valence-corrected chi connectivity index (χ2v) is 6.06. The molecule has 3 N–H and O–H groups in total. The van der Waals surface area contributed by atoms with Crippen LogP contribution in [-0.2, 0) is 11.3 Å². The number of nitrogen functional groups attached to an aromatic ring is 1. The summed E-state index contributed by atoms with van der Waals surface area (Å²) in [6.45, 7) is -0.0574. The van der Waals surface area contributed by atoms with E-state index in [1.54, 1.807) is 29.0 Å². The number of fused-ring (bicyclic) bond motifs is 1. The van der Waals surface area contributed by atoms with Crippen LogP contribution in [0.3, 0.4) is 0 Å². The number of imidazole rings is 1. The van der Waals surface area contributed by atoms with Gasteiger partial charge in [0.2, 0.25) is 0 Å². The van der Waals surface area contributed by atoms with Gasteiger partial charge in [-0.05, 0) is 42.0 Å². The first-order valence-corrected chi connectivity index (χ1v) is 8.51. The average molecular weight is 375 g/mol. The molecule has 8 heteroatoms. The van der Waals surface area contributed by atoms with Crippen LogP contribution in [-0.4, -0.2) is 37.7 Å². The van der Waals surface area contributed by atoms with Crippen molar-refractivity contribution in [2.24, 2.45) is 0 Å². The van der Waals surface area contributed by atoms with Gasteiger partial charge >= 0.3 is 5.97 Å². The van der Waals surface area contributed by atoms with Gasteiger partial charge in [-0.2, -0.15) is 0 Å². The van der Waals surface area contributed by atoms with Crippen molar-refractivity contribution in [1.29, 1.82) is 0 Å². The van der Waals surface area contributed by atoms with Gasteiger partial charge in [-0.1, -0.05) is 12.1 Å². The van der Waals surface area contributed by atoms with Crippen LogP contribution in [0.1, 0.15) is 16.1 Å². The van der Waals surface area contributed by atoms with Gasteiger partial charge in [0.25, 0.3) is 0 Å². The second kappa shape index (κ2) is 7.09. The van der Waals surface area contributed by atoms with E-state index >= 15 is 0 Å². The number of pyridine rings is 2. The van der Waals surface area contributed by atoms with Gasteiger partial charge in [0.05, 0.1) is 19.3 Å². The van der Waals surface area contributed by atoms with Crippen molar-refractivity contribution in [3.8, 4) is 17.1 Å². The molecule has 0 aliphatic carbocycles. The van der Waals surface area contributed by atoms with E-state index in [0.717, 1.165) is 11.3 Å². The predicted molar refractivity (Wildman–Crippen MR) is 104 cm³/mol. The van der Waals surface area contributed by atoms with Crippen molar-refractivity contribution in [2.75, 3.05) is 12.8 Å². The minimum atomic E-state index is -0.535. The number of hydrogen-bond acceptors (Lipinski definition) is 7. The van der Waals surface area contributed by atoms with E-state index in [4.69, 9.17) is 10.5 Å². The Morgan fingerprint density at radius 1 is 1.14 bits per heavy atom. The fraction of sp³-hybridized carbons (Fsp3) is 0.100. The topological polar surface area (TPSA) is 116 Å². The number of ether oxygens (including phenoxy) is 1. The summed E-state index contributed by atoms with van der Waals surface area (Å²) in [7, 11) is 1.31. The molecule has 0 saturated heterocycles. The lowest BCUT2D eigenvalue weighted by atomic mass is 10.2. The summed E-state index contributed by atoms with van der Waals surface area (Å²) in [4.78, 5) is 25.2. The van der Waals surface area contributed by atoms with Crippen molar-refractivity contribution < 1.29 is 14.6 Å². The maximum Gasteiger partial charge on any atom is 0.356 e. The molecule has 8 nitrogen and oxygen atoms in total. The van der Waals surface area contributed by atoms with Gasteiger partial charge in [0.15, 0.2) is 17.2 Å². The smallest absolute Gasteiger partial charge is 0.356 e. The van der Waals surface area contributed by atoms with Gasteiger partial charge in [-0.25, -0.2) is 19.7 Å². The summed E-state index contributed by atoms with van der Waals surface area (Å²) in [5.74, 6) is 0.346. The molecule has 1 aromatic carbocycles. The molecule has 0 aliphatic rings. The highest BCUT2D eigenvalue weighted by atomic mass is 16.5. The summed E-state index contributed by atoms with van der Waals surface area (Å²) in [6.07, 6.45) is 1.61. The summed E-state index contributed by atoms with van der Waals surface area (Å²) in [6, 6.07) is 14.2. The molecule has 4 rings (SSSR count). The molecule has 0 unspecified atom stereocenters. The SMILES string of the molecule is COC(=O)c1ccc2nc(-c3cccnc3N)n(-c3ccc(CO)cc3)c2n1. The molecule has 140 valence electrons. The zero-order valence-corrected chi connectivity index (χ0v) is 15.0. The van der Waals surface area contributed by atoms with Crippen molar-refractivity contribution in [1.82, 2.24) is 19.5 Å². The minimum Gasteiger partial charge on any atom is -0.464 e. The first-order valence-electron chi connectivity index (χ1n) is 8.51. The Morgan fingerprint density at radius 3 is 2.61 bits per heavy atom. The van der Waals surface area contributed by atoms with Crippen LogP contribution in [0.4, 0.5) is 5.82 Å². The maximum absolute atomic E-state index is 11.9. The fourth-order valence-corrected chi connectivity index (χ4v) is 2.96. The number of aliphatic hydroxyl groups excluding tert-OH is 1. The fourth-order valence-electron chi connectivity index (χ4n) is 2.96. The Balaban J connectivity index is 2.02. The monoisotopic (exact) mass is 375 g/mol. The molecule has 3 aromatic heterocycles. The lowest BCUT2D eigenvalue weighted by molar-refractivity contribution is 0.0594. The molecular formula is C20H17N5O3. The Bertz CT molecular complexity index is 1170. The van der Waals surface area contributed by atoms with Crippen LogP contribution in [0.15, 0.2) is 54.7 Å². The van der Waals surface area contributed by atoms with Gasteiger partial charge in [-0.15, -0.1) is 0 Å². The molecule has 0 saturated carbocycles. The van der Waals surface area contributed by atoms with Crippen molar-refractivity contribution in [2.45, 2.75) is 6.61 Å². The number of methoxy groups -OCH3 is 1. The van der Waals surface area contributed by atoms with Crippen molar-refractivity contribution in [3.63, 3.8) is 0 Å². The summed E-state index contributed by atoms with van der Waals surface area (Å²) in [5, 5.41) is 9.32. The zero-order valence-electron chi connectivity index (χ0n) is 15.0. The summed E-state index contributed by atoms with van der Waals surface area (Å²) < 4.78 is 6.58.